The van der Waals surface area contributed by atoms with E-state index in [0.717, 1.165) is 5.56 Å². The van der Waals surface area contributed by atoms with Crippen molar-refractivity contribution >= 4 is 11.9 Å². The number of tetrazole rings is 1. The molecule has 3 aromatic rings. The Morgan fingerprint density at radius 1 is 1.10 bits per heavy atom. The van der Waals surface area contributed by atoms with Crippen molar-refractivity contribution in [3.63, 3.8) is 0 Å². The van der Waals surface area contributed by atoms with E-state index in [1.54, 1.807) is 28.9 Å². The average Bonchev–Trinajstić information content (AvgIpc) is 3.25. The number of nitrogens with one attached hydrogen (secondary N) is 1. The van der Waals surface area contributed by atoms with Crippen molar-refractivity contribution in [2.24, 2.45) is 0 Å². The molecule has 3 rings (SSSR count). The van der Waals surface area contributed by atoms with Crippen LogP contribution < -0.4 is 10.1 Å². The van der Waals surface area contributed by atoms with Crippen LogP contribution in [0.25, 0.3) is 0 Å². The lowest BCUT2D eigenvalue weighted by Gasteiger charge is -2.17. The number of ether oxygens (including phenoxy) is 2. The number of amides is 1. The number of hydrogen-bond acceptors (Lipinski definition) is 7. The zero-order valence-corrected chi connectivity index (χ0v) is 16.8. The van der Waals surface area contributed by atoms with Crippen LogP contribution in [-0.2, 0) is 29.1 Å². The third-order valence-electron chi connectivity index (χ3n) is 4.46. The van der Waals surface area contributed by atoms with Gasteiger partial charge in [-0.2, -0.15) is 0 Å². The van der Waals surface area contributed by atoms with Gasteiger partial charge in [0.15, 0.2) is 5.82 Å². The summed E-state index contributed by atoms with van der Waals surface area (Å²) < 4.78 is 12.1. The summed E-state index contributed by atoms with van der Waals surface area (Å²) in [6.45, 7) is 2.80. The maximum Gasteiger partial charge on any atom is 0.328 e. The van der Waals surface area contributed by atoms with Crippen LogP contribution in [0.1, 0.15) is 28.7 Å². The molecule has 156 valence electrons. The first-order chi connectivity index (χ1) is 14.6. The fraction of sp³-hybridized carbons (Fsp3) is 0.286. The second-order valence-electron chi connectivity index (χ2n) is 6.46. The fourth-order valence-corrected chi connectivity index (χ4v) is 2.85. The molecule has 1 heterocycles. The Labute approximate surface area is 174 Å². The lowest BCUT2D eigenvalue weighted by Crippen LogP contribution is -2.43. The predicted molar refractivity (Wildman–Crippen MR) is 108 cm³/mol. The molecule has 0 aliphatic heterocycles. The van der Waals surface area contributed by atoms with Gasteiger partial charge >= 0.3 is 5.97 Å². The molecule has 0 spiro atoms. The smallest absolute Gasteiger partial charge is 0.328 e. The zero-order chi connectivity index (χ0) is 21.3. The molecule has 30 heavy (non-hydrogen) atoms. The minimum absolute atomic E-state index is 0.216. The molecule has 1 aromatic heterocycles. The van der Waals surface area contributed by atoms with Gasteiger partial charge in [0.1, 0.15) is 18.4 Å². The van der Waals surface area contributed by atoms with Crippen molar-refractivity contribution in [2.75, 3.05) is 7.11 Å². The zero-order valence-electron chi connectivity index (χ0n) is 16.8. The first-order valence-corrected chi connectivity index (χ1v) is 9.51. The fourth-order valence-electron chi connectivity index (χ4n) is 2.85. The minimum Gasteiger partial charge on any atom is -0.486 e. The Balaban J connectivity index is 1.61. The van der Waals surface area contributed by atoms with Gasteiger partial charge in [0.2, 0.25) is 0 Å². The lowest BCUT2D eigenvalue weighted by molar-refractivity contribution is -0.142. The maximum atomic E-state index is 12.6. The number of nitrogens with zero attached hydrogens (tertiary/aromatic N) is 4. The number of methoxy groups -OCH3 is 1. The summed E-state index contributed by atoms with van der Waals surface area (Å²) >= 11 is 0. The summed E-state index contributed by atoms with van der Waals surface area (Å²) in [5.74, 6) is 0.316. The highest BCUT2D eigenvalue weighted by atomic mass is 16.5. The monoisotopic (exact) mass is 409 g/mol. The van der Waals surface area contributed by atoms with E-state index in [-0.39, 0.29) is 12.5 Å². The van der Waals surface area contributed by atoms with E-state index in [1.165, 1.54) is 7.11 Å². The van der Waals surface area contributed by atoms with Crippen LogP contribution in [0.3, 0.4) is 0 Å². The second kappa shape index (κ2) is 10.1. The van der Waals surface area contributed by atoms with Crippen LogP contribution in [0.2, 0.25) is 0 Å². The van der Waals surface area contributed by atoms with Crippen LogP contribution in [0, 0.1) is 0 Å². The van der Waals surface area contributed by atoms with Gasteiger partial charge in [-0.25, -0.2) is 9.48 Å². The predicted octanol–water partition coefficient (Wildman–Crippen LogP) is 1.79. The van der Waals surface area contributed by atoms with Crippen molar-refractivity contribution in [1.29, 1.82) is 0 Å². The molecular formula is C21H23N5O4. The summed E-state index contributed by atoms with van der Waals surface area (Å²) in [4.78, 5) is 24.7. The third-order valence-corrected chi connectivity index (χ3v) is 4.46. The normalized spacial score (nSPS) is 11.5. The topological polar surface area (TPSA) is 108 Å². The van der Waals surface area contributed by atoms with E-state index in [0.29, 0.717) is 30.1 Å². The lowest BCUT2D eigenvalue weighted by atomic mass is 10.1. The number of carbonyl (C=O) groups excluding carboxylic acids is 2. The minimum atomic E-state index is -0.784. The summed E-state index contributed by atoms with van der Waals surface area (Å²) in [5.41, 5.74) is 1.33. The Hall–Kier alpha value is -3.75. The molecule has 2 aromatic carbocycles. The van der Waals surface area contributed by atoms with E-state index in [2.05, 4.69) is 20.8 Å². The van der Waals surface area contributed by atoms with E-state index >= 15 is 0 Å². The van der Waals surface area contributed by atoms with Gasteiger partial charge in [0.25, 0.3) is 5.91 Å². The number of rotatable bonds is 9. The molecule has 0 saturated heterocycles. The van der Waals surface area contributed by atoms with Crippen molar-refractivity contribution in [1.82, 2.24) is 25.5 Å². The van der Waals surface area contributed by atoms with Gasteiger partial charge in [-0.3, -0.25) is 4.79 Å². The first kappa shape index (κ1) is 21.0. The summed E-state index contributed by atoms with van der Waals surface area (Å²) in [5, 5.41) is 14.1. The highest BCUT2D eigenvalue weighted by Crippen LogP contribution is 2.14. The molecule has 1 atom stereocenters. The third kappa shape index (κ3) is 5.40. The van der Waals surface area contributed by atoms with Gasteiger partial charge in [-0.05, 0) is 47.2 Å². The number of aryl methyl sites for hydroxylation is 1. The molecule has 0 radical (unpaired) electrons. The molecule has 9 heteroatoms. The van der Waals surface area contributed by atoms with Crippen molar-refractivity contribution in [2.45, 2.75) is 32.5 Å². The highest BCUT2D eigenvalue weighted by Gasteiger charge is 2.22. The molecule has 1 N–H and O–H groups in total. The number of aromatic nitrogens is 4. The Kier molecular flexibility index (Phi) is 7.09. The van der Waals surface area contributed by atoms with Gasteiger partial charge in [0.05, 0.1) is 7.11 Å². The molecule has 9 nitrogen and oxygen atoms in total. The first-order valence-electron chi connectivity index (χ1n) is 9.51. The van der Waals surface area contributed by atoms with Crippen molar-refractivity contribution in [3.8, 4) is 5.75 Å². The van der Waals surface area contributed by atoms with Gasteiger partial charge in [0, 0.05) is 18.5 Å². The van der Waals surface area contributed by atoms with Crippen molar-refractivity contribution in [3.05, 3.63) is 71.5 Å². The molecule has 0 aliphatic carbocycles. The second-order valence-corrected chi connectivity index (χ2v) is 6.46. The highest BCUT2D eigenvalue weighted by molar-refractivity contribution is 5.96. The number of hydrogen-bond donors (Lipinski definition) is 1. The Morgan fingerprint density at radius 2 is 1.83 bits per heavy atom. The quantitative estimate of drug-likeness (QED) is 0.537. The Bertz CT molecular complexity index is 973. The van der Waals surface area contributed by atoms with Crippen LogP contribution in [-0.4, -0.2) is 45.2 Å². The molecule has 0 saturated carbocycles. The van der Waals surface area contributed by atoms with Gasteiger partial charge in [-0.15, -0.1) is 5.10 Å². The van der Waals surface area contributed by atoms with Crippen LogP contribution in [0.5, 0.6) is 5.75 Å². The Morgan fingerprint density at radius 3 is 2.50 bits per heavy atom. The molecule has 1 unspecified atom stereocenters. The SMILES string of the molecule is CCn1nnnc1COc1ccc(C(=O)NC(Cc2ccccc2)C(=O)OC)cc1. The van der Waals surface area contributed by atoms with Crippen LogP contribution in [0.4, 0.5) is 0 Å². The van der Waals surface area contributed by atoms with Crippen molar-refractivity contribution < 1.29 is 19.1 Å². The number of carbonyl (C=O) groups is 2. The average molecular weight is 409 g/mol. The number of esters is 1. The summed E-state index contributed by atoms with van der Waals surface area (Å²) in [7, 11) is 1.30. The van der Waals surface area contributed by atoms with E-state index in [1.807, 2.05) is 37.3 Å². The van der Waals surface area contributed by atoms with Gasteiger partial charge in [-0.1, -0.05) is 30.3 Å². The number of benzene rings is 2. The largest absolute Gasteiger partial charge is 0.486 e. The van der Waals surface area contributed by atoms with E-state index < -0.39 is 12.0 Å². The maximum absolute atomic E-state index is 12.6. The molecule has 1 amide bonds. The molecule has 0 aliphatic rings. The molecule has 0 fully saturated rings. The summed E-state index contributed by atoms with van der Waals surface area (Å²) in [6.07, 6.45) is 0.340. The van der Waals surface area contributed by atoms with Gasteiger partial charge < -0.3 is 14.8 Å². The van der Waals surface area contributed by atoms with E-state index in [9.17, 15) is 9.59 Å². The standard InChI is InChI=1S/C21H23N5O4/c1-3-26-19(23-24-25-26)14-30-17-11-9-16(10-12-17)20(27)22-18(21(28)29-2)13-15-7-5-4-6-8-15/h4-12,18H,3,13-14H2,1-2H3,(H,22,27). The molecular weight excluding hydrogens is 386 g/mol. The summed E-state index contributed by atoms with van der Waals surface area (Å²) in [6, 6.07) is 15.3. The van der Waals surface area contributed by atoms with E-state index in [4.69, 9.17) is 9.47 Å². The van der Waals surface area contributed by atoms with Crippen LogP contribution >= 0.6 is 0 Å². The molecule has 0 bridgehead atoms. The van der Waals surface area contributed by atoms with Crippen LogP contribution in [0.15, 0.2) is 54.6 Å².